The molecule has 1 aromatic heterocycles. The third kappa shape index (κ3) is 6.77. The van der Waals surface area contributed by atoms with E-state index in [0.717, 1.165) is 42.9 Å². The summed E-state index contributed by atoms with van der Waals surface area (Å²) in [7, 11) is 0. The number of anilines is 3. The number of thiocarbonyl (C=S) groups is 1. The Morgan fingerprint density at radius 1 is 0.927 bits per heavy atom. The summed E-state index contributed by atoms with van der Waals surface area (Å²) in [5.41, 5.74) is 2.00. The number of piperazine rings is 1. The molecular formula is C28H29ClN6O4S2. The molecule has 5 rings (SSSR count). The van der Waals surface area contributed by atoms with E-state index in [2.05, 4.69) is 15.5 Å². The minimum Gasteiger partial charge on any atom is -0.367 e. The Morgan fingerprint density at radius 3 is 2.29 bits per heavy atom. The number of carbonyl (C=O) groups excluding carboxylic acids is 2. The molecule has 0 atom stereocenters. The van der Waals surface area contributed by atoms with Crippen LogP contribution in [-0.2, 0) is 0 Å². The molecule has 0 saturated carbocycles. The Kier molecular flexibility index (Phi) is 9.01. The van der Waals surface area contributed by atoms with Gasteiger partial charge < -0.3 is 20.0 Å². The maximum atomic E-state index is 12.8. The molecule has 0 aliphatic carbocycles. The molecule has 2 saturated heterocycles. The van der Waals surface area contributed by atoms with Crippen LogP contribution >= 0.6 is 35.2 Å². The van der Waals surface area contributed by atoms with Crippen LogP contribution in [0.25, 0.3) is 0 Å². The predicted molar refractivity (Wildman–Crippen MR) is 167 cm³/mol. The van der Waals surface area contributed by atoms with Gasteiger partial charge in [-0.05, 0) is 73.3 Å². The second kappa shape index (κ2) is 12.8. The highest BCUT2D eigenvalue weighted by Gasteiger charge is 2.25. The fraction of sp³-hybridized carbons (Fsp3) is 0.321. The minimum atomic E-state index is -0.548. The molecule has 3 heterocycles. The number of hydrogen-bond acceptors (Lipinski definition) is 8. The molecule has 13 heteroatoms. The zero-order chi connectivity index (χ0) is 28.9. The zero-order valence-corrected chi connectivity index (χ0v) is 24.6. The summed E-state index contributed by atoms with van der Waals surface area (Å²) in [5, 5.41) is 19.7. The number of halogens is 1. The molecular weight excluding hydrogens is 584 g/mol. The summed E-state index contributed by atoms with van der Waals surface area (Å²) in [6.07, 6.45) is 3.08. The van der Waals surface area contributed by atoms with Gasteiger partial charge in [0.2, 0.25) is 0 Å². The first-order chi connectivity index (χ1) is 19.8. The van der Waals surface area contributed by atoms with Crippen LogP contribution in [0.4, 0.5) is 22.7 Å². The quantitative estimate of drug-likeness (QED) is 0.217. The summed E-state index contributed by atoms with van der Waals surface area (Å²) in [6.45, 7) is 4.02. The molecule has 0 spiro atoms. The van der Waals surface area contributed by atoms with Crippen molar-refractivity contribution in [1.82, 2.24) is 10.2 Å². The number of hydrogen-bond donors (Lipinski definition) is 2. The zero-order valence-electron chi connectivity index (χ0n) is 22.2. The highest BCUT2D eigenvalue weighted by Crippen LogP contribution is 2.32. The second-order valence-electron chi connectivity index (χ2n) is 9.84. The van der Waals surface area contributed by atoms with E-state index >= 15 is 0 Å². The Hall–Kier alpha value is -3.74. The number of nitrogens with zero attached hydrogens (tertiary/aromatic N) is 4. The first-order valence-electron chi connectivity index (χ1n) is 13.3. The van der Waals surface area contributed by atoms with E-state index in [4.69, 9.17) is 23.8 Å². The molecule has 2 aromatic carbocycles. The van der Waals surface area contributed by atoms with Gasteiger partial charge >= 0.3 is 0 Å². The van der Waals surface area contributed by atoms with Gasteiger partial charge in [0, 0.05) is 56.6 Å². The van der Waals surface area contributed by atoms with Crippen molar-refractivity contribution >= 4 is 74.8 Å². The largest absolute Gasteiger partial charge is 0.367 e. The number of thiophene rings is 1. The van der Waals surface area contributed by atoms with E-state index in [-0.39, 0.29) is 22.3 Å². The number of piperidine rings is 1. The lowest BCUT2D eigenvalue weighted by Crippen LogP contribution is -2.48. The summed E-state index contributed by atoms with van der Waals surface area (Å²) >= 11 is 13.4. The van der Waals surface area contributed by atoms with Crippen molar-refractivity contribution in [2.45, 2.75) is 19.3 Å². The monoisotopic (exact) mass is 612 g/mol. The van der Waals surface area contributed by atoms with Gasteiger partial charge in [0.25, 0.3) is 17.5 Å². The van der Waals surface area contributed by atoms with Crippen molar-refractivity contribution in [3.8, 4) is 0 Å². The predicted octanol–water partition coefficient (Wildman–Crippen LogP) is 5.39. The van der Waals surface area contributed by atoms with E-state index < -0.39 is 10.8 Å². The SMILES string of the molecule is O=C(NC(=S)Nc1ccc(N2CCN(C(=O)c3cccs3)CC2)c(Cl)c1)c1ccc(N2CCCCC2)c([N+](=O)[O-])c1. The number of nitro benzene ring substituents is 1. The normalized spacial score (nSPS) is 15.4. The van der Waals surface area contributed by atoms with E-state index in [1.807, 2.05) is 33.4 Å². The smallest absolute Gasteiger partial charge is 0.293 e. The molecule has 0 bridgehead atoms. The van der Waals surface area contributed by atoms with Crippen LogP contribution in [0.5, 0.6) is 0 Å². The van der Waals surface area contributed by atoms with Gasteiger partial charge in [-0.1, -0.05) is 17.7 Å². The highest BCUT2D eigenvalue weighted by molar-refractivity contribution is 7.80. The minimum absolute atomic E-state index is 0.0438. The van der Waals surface area contributed by atoms with Gasteiger partial charge in [-0.2, -0.15) is 0 Å². The third-order valence-corrected chi connectivity index (χ3v) is 8.57. The Bertz CT molecular complexity index is 1450. The van der Waals surface area contributed by atoms with Crippen LogP contribution in [0, 0.1) is 10.1 Å². The lowest BCUT2D eigenvalue weighted by molar-refractivity contribution is -0.384. The van der Waals surface area contributed by atoms with Crippen molar-refractivity contribution < 1.29 is 14.5 Å². The van der Waals surface area contributed by atoms with Gasteiger partial charge in [-0.3, -0.25) is 25.0 Å². The summed E-state index contributed by atoms with van der Waals surface area (Å²) in [5.74, 6) is -0.498. The van der Waals surface area contributed by atoms with Crippen LogP contribution in [0.2, 0.25) is 5.02 Å². The average molecular weight is 613 g/mol. The lowest BCUT2D eigenvalue weighted by atomic mass is 10.1. The summed E-state index contributed by atoms with van der Waals surface area (Å²) < 4.78 is 0. The molecule has 2 fully saturated rings. The van der Waals surface area contributed by atoms with E-state index in [1.165, 1.54) is 17.4 Å². The summed E-state index contributed by atoms with van der Waals surface area (Å²) in [6, 6.07) is 13.6. The first kappa shape index (κ1) is 28.8. The topological polar surface area (TPSA) is 111 Å². The molecule has 2 amide bonds. The Labute approximate surface area is 252 Å². The first-order valence-corrected chi connectivity index (χ1v) is 15.0. The van der Waals surface area contributed by atoms with E-state index in [1.54, 1.807) is 24.3 Å². The van der Waals surface area contributed by atoms with Crippen molar-refractivity contribution in [2.75, 3.05) is 54.4 Å². The van der Waals surface area contributed by atoms with Gasteiger partial charge in [0.15, 0.2) is 5.11 Å². The second-order valence-corrected chi connectivity index (χ2v) is 11.6. The third-order valence-electron chi connectivity index (χ3n) is 7.20. The van der Waals surface area contributed by atoms with Gasteiger partial charge in [-0.15, -0.1) is 11.3 Å². The molecule has 0 unspecified atom stereocenters. The van der Waals surface area contributed by atoms with Gasteiger partial charge in [0.05, 0.1) is 20.5 Å². The average Bonchev–Trinajstić information content (AvgIpc) is 3.52. The van der Waals surface area contributed by atoms with Crippen LogP contribution in [0.3, 0.4) is 0 Å². The van der Waals surface area contributed by atoms with Gasteiger partial charge in [0.1, 0.15) is 5.69 Å². The molecule has 2 aliphatic rings. The van der Waals surface area contributed by atoms with Crippen LogP contribution < -0.4 is 20.4 Å². The van der Waals surface area contributed by atoms with E-state index in [0.29, 0.717) is 42.6 Å². The number of amides is 2. The van der Waals surface area contributed by atoms with Crippen molar-refractivity contribution in [2.24, 2.45) is 0 Å². The number of nitro groups is 1. The standard InChI is InChI=1S/C28H29ClN6O4S2/c29-21-18-20(7-9-22(21)33-12-14-34(15-13-33)27(37)25-5-4-16-41-25)30-28(40)31-26(36)19-6-8-23(24(17-19)35(38)39)32-10-2-1-3-11-32/h4-9,16-18H,1-3,10-15H2,(H2,30,31,36,40). The molecule has 214 valence electrons. The molecule has 2 aliphatic heterocycles. The maximum absolute atomic E-state index is 12.8. The van der Waals surface area contributed by atoms with Gasteiger partial charge in [-0.25, -0.2) is 0 Å². The fourth-order valence-electron chi connectivity index (χ4n) is 5.10. The number of carbonyl (C=O) groups is 2. The number of benzene rings is 2. The summed E-state index contributed by atoms with van der Waals surface area (Å²) in [4.78, 5) is 43.5. The fourth-order valence-corrected chi connectivity index (χ4v) is 6.30. The molecule has 41 heavy (non-hydrogen) atoms. The van der Waals surface area contributed by atoms with Crippen molar-refractivity contribution in [3.63, 3.8) is 0 Å². The molecule has 2 N–H and O–H groups in total. The molecule has 0 radical (unpaired) electrons. The van der Waals surface area contributed by atoms with Crippen LogP contribution in [0.15, 0.2) is 53.9 Å². The lowest BCUT2D eigenvalue weighted by Gasteiger charge is -2.36. The van der Waals surface area contributed by atoms with Crippen LogP contribution in [-0.4, -0.2) is 66.0 Å². The van der Waals surface area contributed by atoms with Crippen molar-refractivity contribution in [1.29, 1.82) is 0 Å². The Morgan fingerprint density at radius 2 is 1.63 bits per heavy atom. The number of nitrogens with one attached hydrogen (secondary N) is 2. The van der Waals surface area contributed by atoms with Crippen molar-refractivity contribution in [3.05, 3.63) is 79.5 Å². The molecule has 3 aromatic rings. The molecule has 10 nitrogen and oxygen atoms in total. The van der Waals surface area contributed by atoms with Crippen LogP contribution in [0.1, 0.15) is 39.3 Å². The Balaban J connectivity index is 1.17. The van der Waals surface area contributed by atoms with E-state index in [9.17, 15) is 19.7 Å². The maximum Gasteiger partial charge on any atom is 0.293 e. The highest BCUT2D eigenvalue weighted by atomic mass is 35.5. The number of rotatable bonds is 6.